The van der Waals surface area contributed by atoms with Crippen LogP contribution in [0.4, 0.5) is 0 Å². The summed E-state index contributed by atoms with van der Waals surface area (Å²) in [5, 5.41) is 3.68. The molecule has 3 rings (SSSR count). The highest BCUT2D eigenvalue weighted by Crippen LogP contribution is 2.19. The number of aromatic nitrogens is 2. The van der Waals surface area contributed by atoms with Gasteiger partial charge in [-0.2, -0.15) is 5.10 Å². The molecule has 2 heterocycles. The van der Waals surface area contributed by atoms with Crippen molar-refractivity contribution in [1.82, 2.24) is 14.7 Å². The Morgan fingerprint density at radius 1 is 1.28 bits per heavy atom. The third kappa shape index (κ3) is 3.83. The topological polar surface area (TPSA) is 73.7 Å². The van der Waals surface area contributed by atoms with Crippen molar-refractivity contribution in [3.8, 4) is 5.75 Å². The second-order valence-corrected chi connectivity index (χ2v) is 5.96. The van der Waals surface area contributed by atoms with Crippen LogP contribution in [0.3, 0.4) is 0 Å². The van der Waals surface area contributed by atoms with Crippen LogP contribution in [0.15, 0.2) is 35.1 Å². The van der Waals surface area contributed by atoms with Crippen molar-refractivity contribution in [3.05, 3.63) is 57.0 Å². The predicted octanol–water partition coefficient (Wildman–Crippen LogP) is 1.49. The Labute approximate surface area is 149 Å². The van der Waals surface area contributed by atoms with Crippen molar-refractivity contribution in [1.29, 1.82) is 0 Å². The van der Waals surface area contributed by atoms with E-state index < -0.39 is 5.43 Å². The molecule has 8 heteroatoms. The lowest BCUT2D eigenvalue weighted by Gasteiger charge is -2.27. The second kappa shape index (κ2) is 7.67. The van der Waals surface area contributed by atoms with Crippen LogP contribution in [0.1, 0.15) is 16.1 Å². The van der Waals surface area contributed by atoms with Crippen LogP contribution in [-0.2, 0) is 18.4 Å². The maximum Gasteiger partial charge on any atom is 0.276 e. The number of halogens is 1. The van der Waals surface area contributed by atoms with Crippen LogP contribution in [0, 0.1) is 0 Å². The number of carbonyl (C=O) groups excluding carboxylic acids is 1. The van der Waals surface area contributed by atoms with E-state index >= 15 is 0 Å². The number of rotatable bonds is 4. The molecule has 1 aromatic heterocycles. The number of morpholine rings is 1. The molecule has 132 valence electrons. The summed E-state index contributed by atoms with van der Waals surface area (Å²) < 4.78 is 12.2. The molecular weight excluding hydrogens is 346 g/mol. The van der Waals surface area contributed by atoms with Gasteiger partial charge in [0.1, 0.15) is 6.61 Å². The highest BCUT2D eigenvalue weighted by Gasteiger charge is 2.27. The summed E-state index contributed by atoms with van der Waals surface area (Å²) in [5.41, 5.74) is 0.377. The summed E-state index contributed by atoms with van der Waals surface area (Å²) in [6.07, 6.45) is 0. The molecule has 1 aliphatic rings. The van der Waals surface area contributed by atoms with E-state index in [0.29, 0.717) is 26.3 Å². The van der Waals surface area contributed by atoms with Gasteiger partial charge in [-0.05, 0) is 5.56 Å². The molecule has 0 atom stereocenters. The van der Waals surface area contributed by atoms with Crippen LogP contribution < -0.4 is 10.2 Å². The van der Waals surface area contributed by atoms with Crippen LogP contribution in [-0.4, -0.2) is 46.9 Å². The maximum absolute atomic E-state index is 12.9. The SMILES string of the molecule is Cn1nc(Cl)c(=O)c(OCc2ccccc2)c1C(=O)N1CCOCC1. The van der Waals surface area contributed by atoms with Crippen molar-refractivity contribution in [2.24, 2.45) is 7.05 Å². The fourth-order valence-electron chi connectivity index (χ4n) is 2.59. The zero-order chi connectivity index (χ0) is 17.8. The van der Waals surface area contributed by atoms with Crippen molar-refractivity contribution in [2.75, 3.05) is 26.3 Å². The molecule has 1 fully saturated rings. The van der Waals surface area contributed by atoms with Crippen LogP contribution >= 0.6 is 11.6 Å². The van der Waals surface area contributed by atoms with Gasteiger partial charge in [-0.3, -0.25) is 14.3 Å². The molecule has 0 saturated carbocycles. The monoisotopic (exact) mass is 363 g/mol. The molecule has 2 aromatic rings. The number of ether oxygens (including phenoxy) is 2. The fourth-order valence-corrected chi connectivity index (χ4v) is 2.79. The quantitative estimate of drug-likeness (QED) is 0.822. The van der Waals surface area contributed by atoms with E-state index in [-0.39, 0.29) is 29.1 Å². The van der Waals surface area contributed by atoms with Gasteiger partial charge in [0.15, 0.2) is 5.69 Å². The number of benzene rings is 1. The van der Waals surface area contributed by atoms with Gasteiger partial charge in [0.2, 0.25) is 10.9 Å². The van der Waals surface area contributed by atoms with E-state index in [2.05, 4.69) is 5.10 Å². The first-order chi connectivity index (χ1) is 12.1. The van der Waals surface area contributed by atoms with Gasteiger partial charge in [0.25, 0.3) is 11.3 Å². The summed E-state index contributed by atoms with van der Waals surface area (Å²) >= 11 is 5.89. The van der Waals surface area contributed by atoms with Gasteiger partial charge in [0, 0.05) is 20.1 Å². The first-order valence-electron chi connectivity index (χ1n) is 7.88. The Bertz CT molecular complexity index is 817. The van der Waals surface area contributed by atoms with Gasteiger partial charge in [-0.15, -0.1) is 0 Å². The summed E-state index contributed by atoms with van der Waals surface area (Å²) in [4.78, 5) is 26.9. The molecule has 0 bridgehead atoms. The van der Waals surface area contributed by atoms with Crippen molar-refractivity contribution >= 4 is 17.5 Å². The summed E-state index contributed by atoms with van der Waals surface area (Å²) in [6, 6.07) is 9.37. The number of aryl methyl sites for hydroxylation is 1. The van der Waals surface area contributed by atoms with E-state index in [1.165, 1.54) is 4.68 Å². The number of hydrogen-bond donors (Lipinski definition) is 0. The smallest absolute Gasteiger partial charge is 0.276 e. The van der Waals surface area contributed by atoms with Gasteiger partial charge in [-0.1, -0.05) is 41.9 Å². The Morgan fingerprint density at radius 3 is 2.64 bits per heavy atom. The number of carbonyl (C=O) groups is 1. The molecule has 0 aliphatic carbocycles. The molecule has 0 spiro atoms. The molecule has 25 heavy (non-hydrogen) atoms. The standard InChI is InChI=1S/C17H18ClN3O4/c1-20-13(17(23)21-7-9-24-10-8-21)15(14(22)16(18)19-20)25-11-12-5-3-2-4-6-12/h2-6H,7-11H2,1H3. The Balaban J connectivity index is 1.94. The minimum absolute atomic E-state index is 0.0807. The number of nitrogens with zero attached hydrogens (tertiary/aromatic N) is 3. The minimum Gasteiger partial charge on any atom is -0.482 e. The molecule has 0 radical (unpaired) electrons. The molecular formula is C17H18ClN3O4. The van der Waals surface area contributed by atoms with Crippen LogP contribution in [0.25, 0.3) is 0 Å². The third-order valence-electron chi connectivity index (χ3n) is 3.90. The minimum atomic E-state index is -0.590. The fraction of sp³-hybridized carbons (Fsp3) is 0.353. The molecule has 1 aliphatic heterocycles. The van der Waals surface area contributed by atoms with E-state index in [1.807, 2.05) is 30.3 Å². The largest absolute Gasteiger partial charge is 0.482 e. The van der Waals surface area contributed by atoms with Crippen molar-refractivity contribution in [2.45, 2.75) is 6.61 Å². The first kappa shape index (κ1) is 17.4. The van der Waals surface area contributed by atoms with Crippen LogP contribution in [0.5, 0.6) is 5.75 Å². The number of amides is 1. The Kier molecular flexibility index (Phi) is 5.35. The Hall–Kier alpha value is -2.38. The average molecular weight is 364 g/mol. The van der Waals surface area contributed by atoms with E-state index in [4.69, 9.17) is 21.1 Å². The van der Waals surface area contributed by atoms with Gasteiger partial charge >= 0.3 is 0 Å². The second-order valence-electron chi connectivity index (χ2n) is 5.60. The summed E-state index contributed by atoms with van der Waals surface area (Å²) in [5.74, 6) is -0.405. The van der Waals surface area contributed by atoms with Crippen molar-refractivity contribution < 1.29 is 14.3 Å². The maximum atomic E-state index is 12.9. The summed E-state index contributed by atoms with van der Waals surface area (Å²) in [6.45, 7) is 1.98. The van der Waals surface area contributed by atoms with E-state index in [9.17, 15) is 9.59 Å². The highest BCUT2D eigenvalue weighted by atomic mass is 35.5. The lowest BCUT2D eigenvalue weighted by molar-refractivity contribution is 0.0291. The normalized spacial score (nSPS) is 14.4. The lowest BCUT2D eigenvalue weighted by Crippen LogP contribution is -2.42. The van der Waals surface area contributed by atoms with Crippen molar-refractivity contribution in [3.63, 3.8) is 0 Å². The molecule has 7 nitrogen and oxygen atoms in total. The molecule has 0 unspecified atom stereocenters. The van der Waals surface area contributed by atoms with E-state index in [1.54, 1.807) is 11.9 Å². The molecule has 1 aromatic carbocycles. The number of hydrogen-bond acceptors (Lipinski definition) is 5. The summed E-state index contributed by atoms with van der Waals surface area (Å²) in [7, 11) is 1.56. The zero-order valence-corrected chi connectivity index (χ0v) is 14.5. The molecule has 1 amide bonds. The van der Waals surface area contributed by atoms with Gasteiger partial charge in [-0.25, -0.2) is 0 Å². The average Bonchev–Trinajstić information content (AvgIpc) is 2.64. The lowest BCUT2D eigenvalue weighted by atomic mass is 10.2. The van der Waals surface area contributed by atoms with Gasteiger partial charge < -0.3 is 14.4 Å². The third-order valence-corrected chi connectivity index (χ3v) is 4.14. The molecule has 0 N–H and O–H groups in total. The first-order valence-corrected chi connectivity index (χ1v) is 8.26. The molecule has 1 saturated heterocycles. The Morgan fingerprint density at radius 2 is 1.96 bits per heavy atom. The predicted molar refractivity (Wildman–Crippen MR) is 92.0 cm³/mol. The van der Waals surface area contributed by atoms with Gasteiger partial charge in [0.05, 0.1) is 13.2 Å². The van der Waals surface area contributed by atoms with E-state index in [0.717, 1.165) is 5.56 Å². The zero-order valence-electron chi connectivity index (χ0n) is 13.8. The highest BCUT2D eigenvalue weighted by molar-refractivity contribution is 6.29. The van der Waals surface area contributed by atoms with Crippen LogP contribution in [0.2, 0.25) is 5.15 Å².